The molecule has 3 aromatic rings. The summed E-state index contributed by atoms with van der Waals surface area (Å²) in [4.78, 5) is 28.1. The van der Waals surface area contributed by atoms with Gasteiger partial charge in [-0.2, -0.15) is 0 Å². The number of ether oxygens (including phenoxy) is 1. The highest BCUT2D eigenvalue weighted by Crippen LogP contribution is 2.40. The number of nitrogens with zero attached hydrogens (tertiary/aromatic N) is 5. The summed E-state index contributed by atoms with van der Waals surface area (Å²) in [6.45, 7) is 2.32. The van der Waals surface area contributed by atoms with Crippen LogP contribution in [-0.2, 0) is 28.1 Å². The molecule has 7 nitrogen and oxygen atoms in total. The van der Waals surface area contributed by atoms with E-state index in [2.05, 4.69) is 9.97 Å². The SMILES string of the molecule is O=C(Cn1ccnc1)N1CCC2(CC1)OCCc1cnc(-c3ccccc3)nc12. The van der Waals surface area contributed by atoms with Crippen LogP contribution in [0.3, 0.4) is 0 Å². The molecular weight excluding hydrogens is 366 g/mol. The predicted molar refractivity (Wildman–Crippen MR) is 107 cm³/mol. The highest BCUT2D eigenvalue weighted by Gasteiger charge is 2.43. The van der Waals surface area contributed by atoms with E-state index in [1.807, 2.05) is 47.6 Å². The normalized spacial score (nSPS) is 17.9. The molecule has 0 atom stereocenters. The van der Waals surface area contributed by atoms with Gasteiger partial charge in [0.1, 0.15) is 12.1 Å². The number of fused-ring (bicyclic) bond motifs is 2. The fourth-order valence-corrected chi connectivity index (χ4v) is 4.27. The van der Waals surface area contributed by atoms with Crippen molar-refractivity contribution < 1.29 is 9.53 Å². The van der Waals surface area contributed by atoms with Crippen molar-refractivity contribution in [1.82, 2.24) is 24.4 Å². The highest BCUT2D eigenvalue weighted by molar-refractivity contribution is 5.76. The molecule has 0 radical (unpaired) electrons. The molecule has 2 aliphatic rings. The number of rotatable bonds is 3. The maximum absolute atomic E-state index is 12.6. The van der Waals surface area contributed by atoms with Crippen LogP contribution in [0.15, 0.2) is 55.2 Å². The van der Waals surface area contributed by atoms with Crippen LogP contribution in [0, 0.1) is 0 Å². The summed E-state index contributed by atoms with van der Waals surface area (Å²) in [6.07, 6.45) is 9.45. The van der Waals surface area contributed by atoms with Gasteiger partial charge >= 0.3 is 0 Å². The molecule has 0 N–H and O–H groups in total. The molecule has 1 aromatic carbocycles. The third-order valence-corrected chi connectivity index (χ3v) is 5.88. The summed E-state index contributed by atoms with van der Waals surface area (Å²) in [5, 5.41) is 0. The summed E-state index contributed by atoms with van der Waals surface area (Å²) in [7, 11) is 0. The minimum atomic E-state index is -0.425. The van der Waals surface area contributed by atoms with Crippen molar-refractivity contribution in [3.05, 3.63) is 66.5 Å². The summed E-state index contributed by atoms with van der Waals surface area (Å²) in [5.41, 5.74) is 2.74. The zero-order valence-electron chi connectivity index (χ0n) is 16.2. The van der Waals surface area contributed by atoms with E-state index in [1.54, 1.807) is 17.1 Å². The number of carbonyl (C=O) groups is 1. The first kappa shape index (κ1) is 18.0. The summed E-state index contributed by atoms with van der Waals surface area (Å²) < 4.78 is 8.12. The number of hydrogen-bond donors (Lipinski definition) is 0. The zero-order chi connectivity index (χ0) is 19.7. The Morgan fingerprint density at radius 1 is 1.17 bits per heavy atom. The van der Waals surface area contributed by atoms with Crippen molar-refractivity contribution in [3.8, 4) is 11.4 Å². The Morgan fingerprint density at radius 3 is 2.76 bits per heavy atom. The van der Waals surface area contributed by atoms with Gasteiger partial charge < -0.3 is 14.2 Å². The van der Waals surface area contributed by atoms with Gasteiger partial charge in [0, 0.05) is 37.2 Å². The second-order valence-corrected chi connectivity index (χ2v) is 7.64. The van der Waals surface area contributed by atoms with E-state index >= 15 is 0 Å². The Kier molecular flexibility index (Phi) is 4.60. The van der Waals surface area contributed by atoms with Crippen LogP contribution in [0.25, 0.3) is 11.4 Å². The summed E-state index contributed by atoms with van der Waals surface area (Å²) in [6, 6.07) is 10.0. The highest BCUT2D eigenvalue weighted by atomic mass is 16.5. The van der Waals surface area contributed by atoms with Gasteiger partial charge in [0.2, 0.25) is 5.91 Å². The van der Waals surface area contributed by atoms with E-state index in [0.717, 1.165) is 41.9 Å². The monoisotopic (exact) mass is 389 g/mol. The van der Waals surface area contributed by atoms with E-state index < -0.39 is 5.60 Å². The van der Waals surface area contributed by atoms with Crippen molar-refractivity contribution in [3.63, 3.8) is 0 Å². The van der Waals surface area contributed by atoms with E-state index in [4.69, 9.17) is 9.72 Å². The van der Waals surface area contributed by atoms with Gasteiger partial charge in [0.05, 0.1) is 18.6 Å². The van der Waals surface area contributed by atoms with Gasteiger partial charge in [0.25, 0.3) is 0 Å². The van der Waals surface area contributed by atoms with Crippen LogP contribution in [0.4, 0.5) is 0 Å². The van der Waals surface area contributed by atoms with Crippen LogP contribution in [0.2, 0.25) is 0 Å². The topological polar surface area (TPSA) is 73.1 Å². The van der Waals surface area contributed by atoms with Gasteiger partial charge in [-0.1, -0.05) is 30.3 Å². The average molecular weight is 389 g/mol. The Bertz CT molecular complexity index is 995. The number of piperidine rings is 1. The molecule has 1 fully saturated rings. The molecule has 1 spiro atoms. The predicted octanol–water partition coefficient (Wildman–Crippen LogP) is 2.43. The molecule has 2 aromatic heterocycles. The largest absolute Gasteiger partial charge is 0.368 e. The van der Waals surface area contributed by atoms with E-state index in [-0.39, 0.29) is 5.91 Å². The molecule has 1 saturated heterocycles. The molecule has 5 rings (SSSR count). The van der Waals surface area contributed by atoms with Gasteiger partial charge in [-0.3, -0.25) is 4.79 Å². The molecule has 2 aliphatic heterocycles. The second-order valence-electron chi connectivity index (χ2n) is 7.64. The van der Waals surface area contributed by atoms with Crippen LogP contribution < -0.4 is 0 Å². The number of benzene rings is 1. The lowest BCUT2D eigenvalue weighted by molar-refractivity contribution is -0.141. The standard InChI is InChI=1S/C22H23N5O2/c28-19(15-26-12-9-23-16-26)27-10-7-22(8-11-27)20-18(6-13-29-22)14-24-21(25-20)17-4-2-1-3-5-17/h1-5,9,12,14,16H,6-8,10-11,13,15H2. The number of aromatic nitrogens is 4. The minimum Gasteiger partial charge on any atom is -0.368 e. The van der Waals surface area contributed by atoms with Gasteiger partial charge in [0.15, 0.2) is 5.82 Å². The Balaban J connectivity index is 1.37. The van der Waals surface area contributed by atoms with Crippen molar-refractivity contribution >= 4 is 5.91 Å². The van der Waals surface area contributed by atoms with Gasteiger partial charge in [-0.15, -0.1) is 0 Å². The molecule has 1 amide bonds. The van der Waals surface area contributed by atoms with E-state index in [1.165, 1.54) is 0 Å². The molecule has 148 valence electrons. The Labute approximate surface area is 169 Å². The maximum Gasteiger partial charge on any atom is 0.242 e. The van der Waals surface area contributed by atoms with Crippen molar-refractivity contribution in [2.75, 3.05) is 19.7 Å². The molecule has 0 saturated carbocycles. The molecule has 0 aliphatic carbocycles. The fourth-order valence-electron chi connectivity index (χ4n) is 4.27. The van der Waals surface area contributed by atoms with Gasteiger partial charge in [-0.05, 0) is 24.8 Å². The lowest BCUT2D eigenvalue weighted by atomic mass is 9.83. The lowest BCUT2D eigenvalue weighted by Gasteiger charge is -2.44. The number of carbonyl (C=O) groups excluding carboxylic acids is 1. The quantitative estimate of drug-likeness (QED) is 0.688. The van der Waals surface area contributed by atoms with Gasteiger partial charge in [-0.25, -0.2) is 15.0 Å². The molecule has 29 heavy (non-hydrogen) atoms. The lowest BCUT2D eigenvalue weighted by Crippen LogP contribution is -2.49. The first-order chi connectivity index (χ1) is 14.2. The first-order valence-corrected chi connectivity index (χ1v) is 10.0. The minimum absolute atomic E-state index is 0.113. The Morgan fingerprint density at radius 2 is 2.00 bits per heavy atom. The summed E-state index contributed by atoms with van der Waals surface area (Å²) in [5.74, 6) is 0.842. The van der Waals surface area contributed by atoms with Crippen molar-refractivity contribution in [2.24, 2.45) is 0 Å². The Hall–Kier alpha value is -3.06. The third-order valence-electron chi connectivity index (χ3n) is 5.88. The maximum atomic E-state index is 12.6. The van der Waals surface area contributed by atoms with Crippen LogP contribution >= 0.6 is 0 Å². The van der Waals surface area contributed by atoms with Crippen molar-refractivity contribution in [1.29, 1.82) is 0 Å². The smallest absolute Gasteiger partial charge is 0.242 e. The van der Waals surface area contributed by atoms with Crippen LogP contribution in [-0.4, -0.2) is 50.0 Å². The molecule has 4 heterocycles. The number of amides is 1. The van der Waals surface area contributed by atoms with E-state index in [9.17, 15) is 4.79 Å². The number of imidazole rings is 1. The second kappa shape index (κ2) is 7.40. The van der Waals surface area contributed by atoms with Crippen LogP contribution in [0.1, 0.15) is 24.1 Å². The van der Waals surface area contributed by atoms with Crippen LogP contribution in [0.5, 0.6) is 0 Å². The molecule has 0 bridgehead atoms. The molecule has 7 heteroatoms. The average Bonchev–Trinajstić information content (AvgIpc) is 3.28. The molecule has 0 unspecified atom stereocenters. The number of likely N-dealkylation sites (tertiary alicyclic amines) is 1. The summed E-state index contributed by atoms with van der Waals surface area (Å²) >= 11 is 0. The first-order valence-electron chi connectivity index (χ1n) is 10.0. The fraction of sp³-hybridized carbons (Fsp3) is 0.364. The molecular formula is C22H23N5O2. The zero-order valence-corrected chi connectivity index (χ0v) is 16.2. The third kappa shape index (κ3) is 3.42. The van der Waals surface area contributed by atoms with E-state index in [0.29, 0.717) is 26.2 Å². The van der Waals surface area contributed by atoms with Crippen molar-refractivity contribution in [2.45, 2.75) is 31.4 Å². The number of hydrogen-bond acceptors (Lipinski definition) is 5.